The van der Waals surface area contributed by atoms with Crippen molar-refractivity contribution in [2.24, 2.45) is 0 Å². The van der Waals surface area contributed by atoms with Gasteiger partial charge in [-0.2, -0.15) is 0 Å². The molecule has 4 nitrogen and oxygen atoms in total. The fraction of sp³-hybridized carbons (Fsp3) is 0.273. The summed E-state index contributed by atoms with van der Waals surface area (Å²) in [6.45, 7) is 2.29. The van der Waals surface area contributed by atoms with E-state index in [0.717, 1.165) is 17.5 Å². The molecule has 0 radical (unpaired) electrons. The van der Waals surface area contributed by atoms with Crippen LogP contribution in [0.2, 0.25) is 5.02 Å². The summed E-state index contributed by atoms with van der Waals surface area (Å²) in [6, 6.07) is 16.4. The predicted molar refractivity (Wildman–Crippen MR) is 114 cm³/mol. The van der Waals surface area contributed by atoms with Crippen LogP contribution in [0.5, 0.6) is 0 Å². The standard InChI is InChI=1S/C22H22ClNO3S/c1-2-13-27-22(26)19-15-28-21(17-9-6-10-18(23)14-17)24(19)20(25)12-11-16-7-4-3-5-8-16/h3-12,14,19,21H,2,13,15H2,1H3. The van der Waals surface area contributed by atoms with Crippen molar-refractivity contribution < 1.29 is 14.3 Å². The molecule has 6 heteroatoms. The minimum absolute atomic E-state index is 0.225. The highest BCUT2D eigenvalue weighted by Crippen LogP contribution is 2.42. The maximum Gasteiger partial charge on any atom is 0.329 e. The first kappa shape index (κ1) is 20.5. The Morgan fingerprint density at radius 1 is 1.21 bits per heavy atom. The molecule has 0 bridgehead atoms. The Morgan fingerprint density at radius 2 is 2.00 bits per heavy atom. The van der Waals surface area contributed by atoms with E-state index in [9.17, 15) is 9.59 Å². The lowest BCUT2D eigenvalue weighted by Crippen LogP contribution is -2.43. The number of benzene rings is 2. The van der Waals surface area contributed by atoms with Gasteiger partial charge in [-0.05, 0) is 35.8 Å². The van der Waals surface area contributed by atoms with Gasteiger partial charge in [-0.15, -0.1) is 11.8 Å². The lowest BCUT2D eigenvalue weighted by molar-refractivity contribution is -0.152. The van der Waals surface area contributed by atoms with Gasteiger partial charge in [0.05, 0.1) is 6.61 Å². The SMILES string of the molecule is CCCOC(=O)C1CSC(c2cccc(Cl)c2)N1C(=O)C=Cc1ccccc1. The first-order chi connectivity index (χ1) is 13.6. The molecule has 146 valence electrons. The van der Waals surface area contributed by atoms with Crippen molar-refractivity contribution in [1.29, 1.82) is 0 Å². The molecule has 0 N–H and O–H groups in total. The number of thioether (sulfide) groups is 1. The molecule has 2 atom stereocenters. The molecule has 0 aromatic heterocycles. The van der Waals surface area contributed by atoms with E-state index >= 15 is 0 Å². The quantitative estimate of drug-likeness (QED) is 0.494. The van der Waals surface area contributed by atoms with Gasteiger partial charge < -0.3 is 9.64 Å². The number of hydrogen-bond donors (Lipinski definition) is 0. The second-order valence-electron chi connectivity index (χ2n) is 6.41. The van der Waals surface area contributed by atoms with E-state index in [0.29, 0.717) is 17.4 Å². The molecular formula is C22H22ClNO3S. The average Bonchev–Trinajstić information content (AvgIpc) is 3.16. The number of esters is 1. The van der Waals surface area contributed by atoms with Gasteiger partial charge in [-0.1, -0.05) is 61.0 Å². The van der Waals surface area contributed by atoms with Crippen molar-refractivity contribution in [3.63, 3.8) is 0 Å². The summed E-state index contributed by atoms with van der Waals surface area (Å²) in [7, 11) is 0. The zero-order valence-electron chi connectivity index (χ0n) is 15.6. The van der Waals surface area contributed by atoms with Gasteiger partial charge in [0.1, 0.15) is 11.4 Å². The van der Waals surface area contributed by atoms with E-state index in [4.69, 9.17) is 16.3 Å². The summed E-state index contributed by atoms with van der Waals surface area (Å²) >= 11 is 7.68. The molecule has 1 aliphatic rings. The molecule has 3 rings (SSSR count). The smallest absolute Gasteiger partial charge is 0.329 e. The summed E-state index contributed by atoms with van der Waals surface area (Å²) in [6.07, 6.45) is 4.01. The Labute approximate surface area is 174 Å². The molecule has 2 aromatic carbocycles. The molecule has 0 aliphatic carbocycles. The number of nitrogens with zero attached hydrogens (tertiary/aromatic N) is 1. The van der Waals surface area contributed by atoms with E-state index < -0.39 is 6.04 Å². The van der Waals surface area contributed by atoms with Gasteiger partial charge >= 0.3 is 5.97 Å². The zero-order chi connectivity index (χ0) is 19.9. The molecule has 28 heavy (non-hydrogen) atoms. The van der Waals surface area contributed by atoms with Crippen molar-refractivity contribution in [1.82, 2.24) is 4.90 Å². The monoisotopic (exact) mass is 415 g/mol. The minimum atomic E-state index is -0.617. The highest BCUT2D eigenvalue weighted by molar-refractivity contribution is 7.99. The number of halogens is 1. The summed E-state index contributed by atoms with van der Waals surface area (Å²) in [5.41, 5.74) is 1.82. The van der Waals surface area contributed by atoms with Crippen LogP contribution in [0, 0.1) is 0 Å². The number of ether oxygens (including phenoxy) is 1. The second kappa shape index (κ2) is 9.80. The van der Waals surface area contributed by atoms with E-state index in [1.165, 1.54) is 6.08 Å². The molecule has 2 unspecified atom stereocenters. The Kier molecular flexibility index (Phi) is 7.18. The highest BCUT2D eigenvalue weighted by Gasteiger charge is 2.42. The third kappa shape index (κ3) is 4.97. The maximum absolute atomic E-state index is 13.1. The normalized spacial score (nSPS) is 19.1. The van der Waals surface area contributed by atoms with Crippen LogP contribution in [0.1, 0.15) is 29.8 Å². The summed E-state index contributed by atoms with van der Waals surface area (Å²) in [5, 5.41) is 0.313. The molecule has 1 heterocycles. The lowest BCUT2D eigenvalue weighted by atomic mass is 10.1. The topological polar surface area (TPSA) is 46.6 Å². The third-order valence-corrected chi connectivity index (χ3v) is 5.89. The van der Waals surface area contributed by atoms with Gasteiger partial charge in [0.15, 0.2) is 0 Å². The summed E-state index contributed by atoms with van der Waals surface area (Å²) < 4.78 is 5.33. The number of rotatable bonds is 6. The fourth-order valence-electron chi connectivity index (χ4n) is 2.99. The molecule has 2 aromatic rings. The van der Waals surface area contributed by atoms with Crippen LogP contribution >= 0.6 is 23.4 Å². The Bertz CT molecular complexity index is 856. The summed E-state index contributed by atoms with van der Waals surface area (Å²) in [5.74, 6) is -0.0948. The van der Waals surface area contributed by atoms with Crippen LogP contribution in [0.25, 0.3) is 6.08 Å². The average molecular weight is 416 g/mol. The Hall–Kier alpha value is -2.24. The third-order valence-electron chi connectivity index (χ3n) is 4.33. The van der Waals surface area contributed by atoms with Gasteiger partial charge in [-0.3, -0.25) is 4.79 Å². The number of carbonyl (C=O) groups excluding carboxylic acids is 2. The van der Waals surface area contributed by atoms with Crippen molar-refractivity contribution >= 4 is 41.3 Å². The molecule has 0 saturated carbocycles. The van der Waals surface area contributed by atoms with Crippen LogP contribution in [0.15, 0.2) is 60.7 Å². The molecule has 1 saturated heterocycles. The van der Waals surface area contributed by atoms with Crippen LogP contribution in [-0.4, -0.2) is 35.2 Å². The van der Waals surface area contributed by atoms with Crippen LogP contribution in [0.3, 0.4) is 0 Å². The molecule has 1 amide bonds. The predicted octanol–water partition coefficient (Wildman–Crippen LogP) is 4.95. The van der Waals surface area contributed by atoms with Gasteiger partial charge in [-0.25, -0.2) is 4.79 Å². The van der Waals surface area contributed by atoms with Gasteiger partial charge in [0.2, 0.25) is 5.91 Å². The molecule has 1 aliphatic heterocycles. The first-order valence-corrected chi connectivity index (χ1v) is 10.6. The van der Waals surface area contributed by atoms with Gasteiger partial charge in [0, 0.05) is 16.9 Å². The molecular weight excluding hydrogens is 394 g/mol. The van der Waals surface area contributed by atoms with E-state index in [1.54, 1.807) is 28.8 Å². The van der Waals surface area contributed by atoms with E-state index in [-0.39, 0.29) is 17.3 Å². The number of hydrogen-bond acceptors (Lipinski definition) is 4. The lowest BCUT2D eigenvalue weighted by Gasteiger charge is -2.27. The number of carbonyl (C=O) groups is 2. The van der Waals surface area contributed by atoms with Crippen LogP contribution in [0.4, 0.5) is 0 Å². The zero-order valence-corrected chi connectivity index (χ0v) is 17.2. The molecule has 0 spiro atoms. The first-order valence-electron chi connectivity index (χ1n) is 9.19. The fourth-order valence-corrected chi connectivity index (χ4v) is 4.60. The van der Waals surface area contributed by atoms with Crippen LogP contribution in [-0.2, 0) is 14.3 Å². The van der Waals surface area contributed by atoms with Crippen molar-refractivity contribution in [2.45, 2.75) is 24.8 Å². The van der Waals surface area contributed by atoms with Crippen molar-refractivity contribution in [2.75, 3.05) is 12.4 Å². The molecule has 1 fully saturated rings. The highest BCUT2D eigenvalue weighted by atomic mass is 35.5. The van der Waals surface area contributed by atoms with Crippen LogP contribution < -0.4 is 0 Å². The number of amides is 1. The second-order valence-corrected chi connectivity index (χ2v) is 7.96. The largest absolute Gasteiger partial charge is 0.464 e. The summed E-state index contributed by atoms with van der Waals surface area (Å²) in [4.78, 5) is 27.2. The van der Waals surface area contributed by atoms with Crippen molar-refractivity contribution in [3.8, 4) is 0 Å². The maximum atomic E-state index is 13.1. The van der Waals surface area contributed by atoms with E-state index in [2.05, 4.69) is 0 Å². The van der Waals surface area contributed by atoms with Gasteiger partial charge in [0.25, 0.3) is 0 Å². The van der Waals surface area contributed by atoms with E-state index in [1.807, 2.05) is 55.5 Å². The van der Waals surface area contributed by atoms with Crippen molar-refractivity contribution in [3.05, 3.63) is 76.8 Å². The Balaban J connectivity index is 1.87. The minimum Gasteiger partial charge on any atom is -0.464 e. The Morgan fingerprint density at radius 3 is 2.71 bits per heavy atom.